The van der Waals surface area contributed by atoms with Crippen LogP contribution in [-0.2, 0) is 4.79 Å². The maximum absolute atomic E-state index is 11.9. The van der Waals surface area contributed by atoms with Crippen molar-refractivity contribution in [2.75, 3.05) is 46.8 Å². The Bertz CT molecular complexity index is 231. The van der Waals surface area contributed by atoms with Crippen LogP contribution in [0.1, 0.15) is 26.2 Å². The van der Waals surface area contributed by atoms with E-state index in [1.165, 1.54) is 12.8 Å². The van der Waals surface area contributed by atoms with Gasteiger partial charge in [0, 0.05) is 39.1 Å². The van der Waals surface area contributed by atoms with E-state index in [9.17, 15) is 4.79 Å². The second-order valence-corrected chi connectivity index (χ2v) is 5.39. The van der Waals surface area contributed by atoms with Gasteiger partial charge in [-0.2, -0.15) is 0 Å². The highest BCUT2D eigenvalue weighted by molar-refractivity contribution is 5.76. The lowest BCUT2D eigenvalue weighted by Crippen LogP contribution is -2.40. The highest BCUT2D eigenvalue weighted by Crippen LogP contribution is 2.15. The number of likely N-dealkylation sites (N-methyl/N-ethyl adjacent to an activating group) is 1. The highest BCUT2D eigenvalue weighted by atomic mass is 16.2. The van der Waals surface area contributed by atoms with E-state index in [-0.39, 0.29) is 0 Å². The van der Waals surface area contributed by atoms with E-state index in [2.05, 4.69) is 31.2 Å². The Morgan fingerprint density at radius 3 is 2.82 bits per heavy atom. The van der Waals surface area contributed by atoms with Crippen LogP contribution in [0.3, 0.4) is 0 Å². The summed E-state index contributed by atoms with van der Waals surface area (Å²) in [7, 11) is 4.11. The topological polar surface area (TPSA) is 35.6 Å². The van der Waals surface area contributed by atoms with Gasteiger partial charge >= 0.3 is 0 Å². The number of rotatable bonds is 6. The third-order valence-corrected chi connectivity index (χ3v) is 3.26. The molecule has 1 saturated heterocycles. The predicted molar refractivity (Wildman–Crippen MR) is 71.0 cm³/mol. The number of hydrogen-bond donors (Lipinski definition) is 1. The van der Waals surface area contributed by atoms with Crippen LogP contribution in [0, 0.1) is 5.92 Å². The molecule has 0 aliphatic carbocycles. The van der Waals surface area contributed by atoms with Gasteiger partial charge in [0.15, 0.2) is 0 Å². The summed E-state index contributed by atoms with van der Waals surface area (Å²) in [5, 5.41) is 3.31. The number of carbonyl (C=O) groups is 1. The van der Waals surface area contributed by atoms with E-state index >= 15 is 0 Å². The lowest BCUT2D eigenvalue weighted by Gasteiger charge is -2.31. The predicted octanol–water partition coefficient (Wildman–Crippen LogP) is 0.786. The maximum Gasteiger partial charge on any atom is 0.223 e. The number of carbonyl (C=O) groups excluding carboxylic acids is 1. The molecule has 1 aliphatic rings. The first-order valence-electron chi connectivity index (χ1n) is 6.73. The van der Waals surface area contributed by atoms with Crippen molar-refractivity contribution in [3.63, 3.8) is 0 Å². The number of nitrogens with one attached hydrogen (secondary N) is 1. The molecule has 1 rings (SSSR count). The zero-order chi connectivity index (χ0) is 12.7. The molecule has 1 unspecified atom stereocenters. The molecule has 0 radical (unpaired) electrons. The standard InChI is InChI=1S/C13H27N3O/c1-12-5-4-9-16(11-12)13(17)6-7-14-8-10-15(2)3/h12,14H,4-11H2,1-3H3. The van der Waals surface area contributed by atoms with Crippen molar-refractivity contribution in [1.82, 2.24) is 15.1 Å². The fraction of sp³-hybridized carbons (Fsp3) is 0.923. The monoisotopic (exact) mass is 241 g/mol. The second kappa shape index (κ2) is 7.67. The van der Waals surface area contributed by atoms with Gasteiger partial charge in [-0.3, -0.25) is 4.79 Å². The third kappa shape index (κ3) is 6.03. The Labute approximate surface area is 105 Å². The summed E-state index contributed by atoms with van der Waals surface area (Å²) >= 11 is 0. The molecule has 1 heterocycles. The van der Waals surface area contributed by atoms with E-state index < -0.39 is 0 Å². The van der Waals surface area contributed by atoms with Crippen LogP contribution in [0.2, 0.25) is 0 Å². The Hall–Kier alpha value is -0.610. The summed E-state index contributed by atoms with van der Waals surface area (Å²) in [5.74, 6) is 0.989. The minimum atomic E-state index is 0.314. The smallest absolute Gasteiger partial charge is 0.223 e. The van der Waals surface area contributed by atoms with Crippen LogP contribution in [0.25, 0.3) is 0 Å². The van der Waals surface area contributed by atoms with E-state index in [0.29, 0.717) is 18.2 Å². The molecule has 1 fully saturated rings. The molecule has 1 aliphatic heterocycles. The molecular formula is C13H27N3O. The van der Waals surface area contributed by atoms with Gasteiger partial charge in [0.05, 0.1) is 0 Å². The van der Waals surface area contributed by atoms with Crippen molar-refractivity contribution in [2.24, 2.45) is 5.92 Å². The van der Waals surface area contributed by atoms with Crippen molar-refractivity contribution in [3.8, 4) is 0 Å². The second-order valence-electron chi connectivity index (χ2n) is 5.39. The first-order valence-corrected chi connectivity index (χ1v) is 6.73. The van der Waals surface area contributed by atoms with Crippen molar-refractivity contribution in [3.05, 3.63) is 0 Å². The van der Waals surface area contributed by atoms with E-state index in [4.69, 9.17) is 0 Å². The number of hydrogen-bond acceptors (Lipinski definition) is 3. The van der Waals surface area contributed by atoms with Crippen LogP contribution in [-0.4, -0.2) is 62.5 Å². The Kier molecular flexibility index (Phi) is 6.52. The van der Waals surface area contributed by atoms with Gasteiger partial charge in [0.2, 0.25) is 5.91 Å². The fourth-order valence-electron chi connectivity index (χ4n) is 2.20. The summed E-state index contributed by atoms with van der Waals surface area (Å²) in [6, 6.07) is 0. The van der Waals surface area contributed by atoms with Gasteiger partial charge in [-0.1, -0.05) is 6.92 Å². The van der Waals surface area contributed by atoms with Crippen molar-refractivity contribution in [1.29, 1.82) is 0 Å². The van der Waals surface area contributed by atoms with Crippen LogP contribution in [0.4, 0.5) is 0 Å². The van der Waals surface area contributed by atoms with Gasteiger partial charge in [-0.25, -0.2) is 0 Å². The van der Waals surface area contributed by atoms with Crippen LogP contribution in [0.15, 0.2) is 0 Å². The summed E-state index contributed by atoms with van der Waals surface area (Å²) in [5.41, 5.74) is 0. The summed E-state index contributed by atoms with van der Waals surface area (Å²) in [6.07, 6.45) is 3.08. The molecule has 0 aromatic carbocycles. The van der Waals surface area contributed by atoms with Gasteiger partial charge in [0.1, 0.15) is 0 Å². The number of amides is 1. The maximum atomic E-state index is 11.9. The Morgan fingerprint density at radius 1 is 1.41 bits per heavy atom. The van der Waals surface area contributed by atoms with E-state index in [1.54, 1.807) is 0 Å². The SMILES string of the molecule is CC1CCCN(C(=O)CCNCCN(C)C)C1. The Balaban J connectivity index is 2.08. The van der Waals surface area contributed by atoms with Gasteiger partial charge in [0.25, 0.3) is 0 Å². The number of nitrogens with zero attached hydrogens (tertiary/aromatic N) is 2. The fourth-order valence-corrected chi connectivity index (χ4v) is 2.20. The molecule has 0 saturated carbocycles. The van der Waals surface area contributed by atoms with Crippen LogP contribution in [0.5, 0.6) is 0 Å². The molecule has 100 valence electrons. The Morgan fingerprint density at radius 2 is 2.18 bits per heavy atom. The number of piperidine rings is 1. The summed E-state index contributed by atoms with van der Waals surface area (Å²) < 4.78 is 0. The largest absolute Gasteiger partial charge is 0.342 e. The molecule has 4 nitrogen and oxygen atoms in total. The molecular weight excluding hydrogens is 214 g/mol. The molecule has 4 heteroatoms. The van der Waals surface area contributed by atoms with Crippen molar-refractivity contribution >= 4 is 5.91 Å². The van der Waals surface area contributed by atoms with Gasteiger partial charge in [-0.05, 0) is 32.9 Å². The first-order chi connectivity index (χ1) is 8.09. The zero-order valence-corrected chi connectivity index (χ0v) is 11.5. The normalized spacial score (nSPS) is 20.9. The zero-order valence-electron chi connectivity index (χ0n) is 11.5. The summed E-state index contributed by atoms with van der Waals surface area (Å²) in [4.78, 5) is 16.1. The molecule has 0 bridgehead atoms. The highest BCUT2D eigenvalue weighted by Gasteiger charge is 2.19. The van der Waals surface area contributed by atoms with Gasteiger partial charge < -0.3 is 15.1 Å². The van der Waals surface area contributed by atoms with Gasteiger partial charge in [-0.15, -0.1) is 0 Å². The molecule has 0 aromatic rings. The number of likely N-dealkylation sites (tertiary alicyclic amines) is 1. The third-order valence-electron chi connectivity index (χ3n) is 3.26. The summed E-state index contributed by atoms with van der Waals surface area (Å²) in [6.45, 7) is 6.93. The van der Waals surface area contributed by atoms with E-state index in [1.807, 2.05) is 4.90 Å². The lowest BCUT2D eigenvalue weighted by molar-refractivity contribution is -0.132. The first kappa shape index (κ1) is 14.5. The minimum absolute atomic E-state index is 0.314. The molecule has 17 heavy (non-hydrogen) atoms. The average molecular weight is 241 g/mol. The molecule has 0 spiro atoms. The lowest BCUT2D eigenvalue weighted by atomic mass is 10.00. The van der Waals surface area contributed by atoms with Crippen molar-refractivity contribution < 1.29 is 4.79 Å². The van der Waals surface area contributed by atoms with E-state index in [0.717, 1.165) is 32.7 Å². The van der Waals surface area contributed by atoms with Crippen LogP contribution < -0.4 is 5.32 Å². The minimum Gasteiger partial charge on any atom is -0.342 e. The quantitative estimate of drug-likeness (QED) is 0.698. The molecule has 1 N–H and O–H groups in total. The molecule has 1 amide bonds. The molecule has 0 aromatic heterocycles. The molecule has 1 atom stereocenters. The van der Waals surface area contributed by atoms with Crippen molar-refractivity contribution in [2.45, 2.75) is 26.2 Å². The average Bonchev–Trinajstić information content (AvgIpc) is 2.28. The van der Waals surface area contributed by atoms with Crippen LogP contribution >= 0.6 is 0 Å².